The molecule has 0 N–H and O–H groups in total. The van der Waals surface area contributed by atoms with Crippen molar-refractivity contribution in [3.05, 3.63) is 27.7 Å². The van der Waals surface area contributed by atoms with E-state index in [0.717, 1.165) is 0 Å². The monoisotopic (exact) mass is 312 g/mol. The number of Topliss-reactive ketones (excluding diaryl/α,β-unsaturated/α-hetero) is 1. The van der Waals surface area contributed by atoms with Crippen molar-refractivity contribution in [2.45, 2.75) is 18.3 Å². The molecule has 0 atom stereocenters. The minimum absolute atomic E-state index is 0.312. The number of halogens is 4. The molecule has 0 amide bonds. The lowest BCUT2D eigenvalue weighted by Crippen LogP contribution is -2.19. The Labute approximate surface area is 119 Å². The first kappa shape index (κ1) is 14.7. The van der Waals surface area contributed by atoms with Gasteiger partial charge in [0.05, 0.1) is 5.02 Å². The van der Waals surface area contributed by atoms with Crippen LogP contribution >= 0.6 is 46.4 Å². The summed E-state index contributed by atoms with van der Waals surface area (Å²) in [5.41, 5.74) is 1.09. The Morgan fingerprint density at radius 1 is 1.29 bits per heavy atom. The molecule has 0 saturated carbocycles. The van der Waals surface area contributed by atoms with Crippen molar-refractivity contribution in [3.8, 4) is 0 Å². The minimum atomic E-state index is -1.89. The summed E-state index contributed by atoms with van der Waals surface area (Å²) in [4.78, 5) is 11.0. The first-order chi connectivity index (χ1) is 7.74. The molecular formula is C10H8Cl4N2O. The molecule has 0 saturated heterocycles. The predicted molar refractivity (Wildman–Crippen MR) is 70.8 cm³/mol. The van der Waals surface area contributed by atoms with E-state index in [1.54, 1.807) is 13.0 Å². The zero-order valence-electron chi connectivity index (χ0n) is 8.97. The van der Waals surface area contributed by atoms with Crippen LogP contribution in [0.3, 0.4) is 0 Å². The van der Waals surface area contributed by atoms with E-state index in [4.69, 9.17) is 46.4 Å². The molecule has 7 heteroatoms. The Morgan fingerprint density at radius 2 is 1.88 bits per heavy atom. The first-order valence-corrected chi connectivity index (χ1v) is 6.02. The van der Waals surface area contributed by atoms with Crippen molar-refractivity contribution in [2.75, 3.05) is 0 Å². The highest BCUT2D eigenvalue weighted by Gasteiger charge is 2.29. The van der Waals surface area contributed by atoms with Crippen molar-refractivity contribution in [1.82, 2.24) is 0 Å². The molecule has 0 aliphatic rings. The molecule has 0 aromatic heterocycles. The van der Waals surface area contributed by atoms with Crippen molar-refractivity contribution in [3.63, 3.8) is 0 Å². The number of nitrogens with zero attached hydrogens (tertiary/aromatic N) is 2. The Morgan fingerprint density at radius 3 is 2.35 bits per heavy atom. The van der Waals surface area contributed by atoms with Crippen LogP contribution in [0.1, 0.15) is 12.5 Å². The Balaban J connectivity index is 3.12. The van der Waals surface area contributed by atoms with Crippen LogP contribution in [0.4, 0.5) is 5.69 Å². The zero-order chi connectivity index (χ0) is 13.2. The highest BCUT2D eigenvalue weighted by Crippen LogP contribution is 2.34. The van der Waals surface area contributed by atoms with Gasteiger partial charge in [-0.15, -0.1) is 5.11 Å². The molecule has 1 aromatic rings. The van der Waals surface area contributed by atoms with Gasteiger partial charge in [-0.2, -0.15) is 5.11 Å². The van der Waals surface area contributed by atoms with E-state index < -0.39 is 10.2 Å². The van der Waals surface area contributed by atoms with Crippen molar-refractivity contribution in [2.24, 2.45) is 10.2 Å². The van der Waals surface area contributed by atoms with E-state index in [2.05, 4.69) is 10.2 Å². The van der Waals surface area contributed by atoms with E-state index in [-0.39, 0.29) is 0 Å². The maximum absolute atomic E-state index is 11.0. The minimum Gasteiger partial charge on any atom is -0.294 e. The molecule has 0 aliphatic heterocycles. The molecule has 0 radical (unpaired) electrons. The van der Waals surface area contributed by atoms with Crippen molar-refractivity contribution in [1.29, 1.82) is 0 Å². The third-order valence-electron chi connectivity index (χ3n) is 1.92. The van der Waals surface area contributed by atoms with Gasteiger partial charge in [0.15, 0.2) is 5.78 Å². The number of alkyl halides is 2. The fourth-order valence-electron chi connectivity index (χ4n) is 1.00. The van der Waals surface area contributed by atoms with E-state index in [0.29, 0.717) is 21.3 Å². The number of ketones is 1. The van der Waals surface area contributed by atoms with Crippen LogP contribution in [0.2, 0.25) is 10.0 Å². The number of hydrogen-bond donors (Lipinski definition) is 0. The van der Waals surface area contributed by atoms with Crippen molar-refractivity contribution < 1.29 is 4.79 Å². The second kappa shape index (κ2) is 5.53. The number of benzene rings is 1. The summed E-state index contributed by atoms with van der Waals surface area (Å²) in [7, 11) is 0. The highest BCUT2D eigenvalue weighted by atomic mass is 35.5. The molecule has 92 valence electrons. The molecule has 0 heterocycles. The van der Waals surface area contributed by atoms with Gasteiger partial charge in [0.25, 0.3) is 4.46 Å². The maximum Gasteiger partial charge on any atom is 0.285 e. The molecule has 1 rings (SSSR count). The Hall–Kier alpha value is -0.350. The molecule has 3 nitrogen and oxygen atoms in total. The standard InChI is InChI=1S/C10H8Cl4N2O/c1-5-3-7(11)4-8(12)9(5)15-16-10(13,14)6(2)17/h3-4H,1-2H3/b16-15+. The molecular weight excluding hydrogens is 306 g/mol. The lowest BCUT2D eigenvalue weighted by Gasteiger charge is -2.08. The van der Waals surface area contributed by atoms with Crippen LogP contribution in [0, 0.1) is 6.92 Å². The highest BCUT2D eigenvalue weighted by molar-refractivity contribution is 6.57. The average Bonchev–Trinajstić information content (AvgIpc) is 2.15. The van der Waals surface area contributed by atoms with E-state index in [1.165, 1.54) is 13.0 Å². The summed E-state index contributed by atoms with van der Waals surface area (Å²) < 4.78 is -1.89. The number of carbonyl (C=O) groups excluding carboxylic acids is 1. The molecule has 0 aliphatic carbocycles. The lowest BCUT2D eigenvalue weighted by atomic mass is 10.2. The zero-order valence-corrected chi connectivity index (χ0v) is 12.0. The molecule has 0 spiro atoms. The summed E-state index contributed by atoms with van der Waals surface area (Å²) in [6.45, 7) is 2.97. The molecule has 1 aromatic carbocycles. The van der Waals surface area contributed by atoms with Crippen LogP contribution in [-0.4, -0.2) is 10.2 Å². The van der Waals surface area contributed by atoms with Crippen LogP contribution in [0.15, 0.2) is 22.4 Å². The van der Waals surface area contributed by atoms with Crippen molar-refractivity contribution >= 4 is 57.9 Å². The van der Waals surface area contributed by atoms with Crippen LogP contribution in [-0.2, 0) is 4.79 Å². The number of carbonyl (C=O) groups is 1. The largest absolute Gasteiger partial charge is 0.294 e. The molecule has 0 bridgehead atoms. The van der Waals surface area contributed by atoms with E-state index >= 15 is 0 Å². The molecule has 0 fully saturated rings. The first-order valence-electron chi connectivity index (χ1n) is 4.51. The Kier molecular flexibility index (Phi) is 4.78. The molecule has 0 unspecified atom stereocenters. The maximum atomic E-state index is 11.0. The number of hydrogen-bond acceptors (Lipinski definition) is 3. The summed E-state index contributed by atoms with van der Waals surface area (Å²) in [5.74, 6) is -0.521. The van der Waals surface area contributed by atoms with Gasteiger partial charge in [0.1, 0.15) is 5.69 Å². The predicted octanol–water partition coefficient (Wildman–Crippen LogP) is 5.11. The van der Waals surface area contributed by atoms with Gasteiger partial charge in [-0.3, -0.25) is 4.79 Å². The summed E-state index contributed by atoms with van der Waals surface area (Å²) in [6, 6.07) is 3.18. The summed E-state index contributed by atoms with van der Waals surface area (Å²) in [6.07, 6.45) is 0. The number of aryl methyl sites for hydroxylation is 1. The van der Waals surface area contributed by atoms with Gasteiger partial charge in [-0.1, -0.05) is 46.4 Å². The van der Waals surface area contributed by atoms with Crippen LogP contribution in [0.5, 0.6) is 0 Å². The average molecular weight is 314 g/mol. The second-order valence-electron chi connectivity index (χ2n) is 3.35. The topological polar surface area (TPSA) is 41.8 Å². The fraction of sp³-hybridized carbons (Fsp3) is 0.300. The Bertz CT molecular complexity index is 462. The quantitative estimate of drug-likeness (QED) is 0.434. The number of azo groups is 1. The lowest BCUT2D eigenvalue weighted by molar-refractivity contribution is -0.117. The fourth-order valence-corrected chi connectivity index (χ4v) is 1.71. The normalized spacial score (nSPS) is 12.1. The van der Waals surface area contributed by atoms with Gasteiger partial charge < -0.3 is 0 Å². The van der Waals surface area contributed by atoms with Crippen LogP contribution in [0.25, 0.3) is 0 Å². The second-order valence-corrected chi connectivity index (χ2v) is 5.48. The third kappa shape index (κ3) is 3.81. The SMILES string of the molecule is CC(=O)C(Cl)(Cl)/N=N/c1c(C)cc(Cl)cc1Cl. The van der Waals surface area contributed by atoms with Gasteiger partial charge >= 0.3 is 0 Å². The van der Waals surface area contributed by atoms with E-state index in [9.17, 15) is 4.79 Å². The van der Waals surface area contributed by atoms with Gasteiger partial charge in [0, 0.05) is 5.02 Å². The van der Waals surface area contributed by atoms with Gasteiger partial charge in [0.2, 0.25) is 0 Å². The number of rotatable bonds is 3. The third-order valence-corrected chi connectivity index (χ3v) is 3.11. The van der Waals surface area contributed by atoms with Gasteiger partial charge in [-0.25, -0.2) is 0 Å². The van der Waals surface area contributed by atoms with Crippen LogP contribution < -0.4 is 0 Å². The summed E-state index contributed by atoms with van der Waals surface area (Å²) in [5, 5.41) is 8.14. The smallest absolute Gasteiger partial charge is 0.285 e. The molecule has 17 heavy (non-hydrogen) atoms. The van der Waals surface area contributed by atoms with Gasteiger partial charge in [-0.05, 0) is 31.5 Å². The summed E-state index contributed by atoms with van der Waals surface area (Å²) >= 11 is 23.0. The van der Waals surface area contributed by atoms with E-state index in [1.807, 2.05) is 0 Å².